The van der Waals surface area contributed by atoms with Crippen LogP contribution in [0, 0.1) is 0 Å². The van der Waals surface area contributed by atoms with Crippen LogP contribution in [0.1, 0.15) is 32.1 Å². The lowest BCUT2D eigenvalue weighted by atomic mass is 10.00. The largest absolute Gasteiger partial charge is 0.396 e. The second-order valence-electron chi connectivity index (χ2n) is 3.74. The van der Waals surface area contributed by atoms with Crippen LogP contribution in [-0.2, 0) is 0 Å². The summed E-state index contributed by atoms with van der Waals surface area (Å²) < 4.78 is 12.2. The molecular weight excluding hydrogens is 169 g/mol. The average Bonchev–Trinajstić information content (AvgIpc) is 2.17. The number of hydrogen-bond donors (Lipinski definition) is 1. The minimum Gasteiger partial charge on any atom is -0.396 e. The molecule has 1 heterocycles. The van der Waals surface area contributed by atoms with Gasteiger partial charge in [0.05, 0.1) is 6.67 Å². The molecule has 1 aliphatic rings. The zero-order valence-electron chi connectivity index (χ0n) is 8.21. The first-order valence-electron chi connectivity index (χ1n) is 5.29. The van der Waals surface area contributed by atoms with Crippen LogP contribution >= 0.6 is 0 Å². The summed E-state index contributed by atoms with van der Waals surface area (Å²) >= 11 is 0. The van der Waals surface area contributed by atoms with E-state index in [9.17, 15) is 4.39 Å². The van der Waals surface area contributed by atoms with Crippen LogP contribution in [0.2, 0.25) is 0 Å². The molecule has 1 rings (SSSR count). The molecule has 13 heavy (non-hydrogen) atoms. The fourth-order valence-electron chi connectivity index (χ4n) is 2.08. The number of rotatable bonds is 5. The fourth-order valence-corrected chi connectivity index (χ4v) is 2.08. The number of hydrogen-bond acceptors (Lipinski definition) is 2. The zero-order chi connectivity index (χ0) is 9.52. The van der Waals surface area contributed by atoms with Crippen LogP contribution in [0.4, 0.5) is 4.39 Å². The van der Waals surface area contributed by atoms with Crippen molar-refractivity contribution in [3.8, 4) is 0 Å². The third-order valence-electron chi connectivity index (χ3n) is 2.79. The highest BCUT2D eigenvalue weighted by atomic mass is 19.1. The molecule has 0 aliphatic carbocycles. The number of aliphatic hydroxyl groups is 1. The van der Waals surface area contributed by atoms with Crippen molar-refractivity contribution in [3.05, 3.63) is 0 Å². The van der Waals surface area contributed by atoms with Crippen molar-refractivity contribution in [1.82, 2.24) is 4.90 Å². The predicted octanol–water partition coefficient (Wildman–Crippen LogP) is 1.58. The Labute approximate surface area is 79.7 Å². The molecule has 0 saturated carbocycles. The Morgan fingerprint density at radius 3 is 2.92 bits per heavy atom. The highest BCUT2D eigenvalue weighted by Crippen LogP contribution is 2.19. The SMILES string of the molecule is OCCCN1CCCCC1CCF. The lowest BCUT2D eigenvalue weighted by molar-refractivity contribution is 0.122. The van der Waals surface area contributed by atoms with Gasteiger partial charge in [-0.1, -0.05) is 6.42 Å². The number of nitrogens with zero attached hydrogens (tertiary/aromatic N) is 1. The predicted molar refractivity (Wildman–Crippen MR) is 51.5 cm³/mol. The lowest BCUT2D eigenvalue weighted by Crippen LogP contribution is -2.40. The average molecular weight is 189 g/mol. The number of likely N-dealkylation sites (tertiary alicyclic amines) is 1. The van der Waals surface area contributed by atoms with E-state index in [1.165, 1.54) is 12.8 Å². The summed E-state index contributed by atoms with van der Waals surface area (Å²) in [5.74, 6) is 0. The van der Waals surface area contributed by atoms with Gasteiger partial charge in [0, 0.05) is 19.2 Å². The Hall–Kier alpha value is -0.150. The molecule has 1 unspecified atom stereocenters. The number of halogens is 1. The third kappa shape index (κ3) is 3.61. The van der Waals surface area contributed by atoms with Crippen molar-refractivity contribution in [2.45, 2.75) is 38.1 Å². The van der Waals surface area contributed by atoms with Crippen LogP contribution in [0.5, 0.6) is 0 Å². The Balaban J connectivity index is 2.28. The van der Waals surface area contributed by atoms with E-state index in [1.807, 2.05) is 0 Å². The highest BCUT2D eigenvalue weighted by Gasteiger charge is 2.20. The van der Waals surface area contributed by atoms with E-state index in [1.54, 1.807) is 0 Å². The van der Waals surface area contributed by atoms with E-state index in [4.69, 9.17) is 5.11 Å². The minimum atomic E-state index is -0.208. The fraction of sp³-hybridized carbons (Fsp3) is 1.00. The molecule has 1 saturated heterocycles. The van der Waals surface area contributed by atoms with E-state index in [-0.39, 0.29) is 13.3 Å². The topological polar surface area (TPSA) is 23.5 Å². The summed E-state index contributed by atoms with van der Waals surface area (Å²) in [4.78, 5) is 2.33. The number of alkyl halides is 1. The first-order chi connectivity index (χ1) is 6.38. The number of aliphatic hydroxyl groups excluding tert-OH is 1. The van der Waals surface area contributed by atoms with Crippen molar-refractivity contribution in [1.29, 1.82) is 0 Å². The minimum absolute atomic E-state index is 0.208. The first kappa shape index (κ1) is 10.9. The van der Waals surface area contributed by atoms with Crippen molar-refractivity contribution in [2.24, 2.45) is 0 Å². The Morgan fingerprint density at radius 2 is 2.23 bits per heavy atom. The molecular formula is C10H20FNO. The molecule has 78 valence electrons. The van der Waals surface area contributed by atoms with Gasteiger partial charge in [0.2, 0.25) is 0 Å². The summed E-state index contributed by atoms with van der Waals surface area (Å²) in [7, 11) is 0. The van der Waals surface area contributed by atoms with Crippen molar-refractivity contribution >= 4 is 0 Å². The second-order valence-corrected chi connectivity index (χ2v) is 3.74. The van der Waals surface area contributed by atoms with Gasteiger partial charge in [-0.05, 0) is 32.2 Å². The van der Waals surface area contributed by atoms with Gasteiger partial charge < -0.3 is 10.0 Å². The molecule has 2 nitrogen and oxygen atoms in total. The van der Waals surface area contributed by atoms with Gasteiger partial charge in [0.25, 0.3) is 0 Å². The molecule has 0 spiro atoms. The van der Waals surface area contributed by atoms with E-state index in [2.05, 4.69) is 4.90 Å². The molecule has 0 aromatic heterocycles. The summed E-state index contributed by atoms with van der Waals surface area (Å²) in [5, 5.41) is 8.71. The highest BCUT2D eigenvalue weighted by molar-refractivity contribution is 4.76. The van der Waals surface area contributed by atoms with Crippen LogP contribution < -0.4 is 0 Å². The molecule has 3 heteroatoms. The van der Waals surface area contributed by atoms with Gasteiger partial charge in [0.1, 0.15) is 0 Å². The second kappa shape index (κ2) is 6.33. The van der Waals surface area contributed by atoms with E-state index >= 15 is 0 Å². The van der Waals surface area contributed by atoms with Gasteiger partial charge in [-0.2, -0.15) is 0 Å². The summed E-state index contributed by atoms with van der Waals surface area (Å²) in [6, 6.07) is 0.435. The van der Waals surface area contributed by atoms with Crippen molar-refractivity contribution in [3.63, 3.8) is 0 Å². The molecule has 1 aliphatic heterocycles. The maximum atomic E-state index is 12.2. The van der Waals surface area contributed by atoms with Gasteiger partial charge in [-0.15, -0.1) is 0 Å². The smallest absolute Gasteiger partial charge is 0.0909 e. The summed E-state index contributed by atoms with van der Waals surface area (Å²) in [5.41, 5.74) is 0. The lowest BCUT2D eigenvalue weighted by Gasteiger charge is -2.35. The number of piperidine rings is 1. The molecule has 0 radical (unpaired) electrons. The maximum Gasteiger partial charge on any atom is 0.0909 e. The van der Waals surface area contributed by atoms with Gasteiger partial charge in [-0.25, -0.2) is 0 Å². The zero-order valence-corrected chi connectivity index (χ0v) is 8.21. The molecule has 1 N–H and O–H groups in total. The quantitative estimate of drug-likeness (QED) is 0.710. The molecule has 1 fully saturated rings. The first-order valence-corrected chi connectivity index (χ1v) is 5.29. The van der Waals surface area contributed by atoms with Crippen molar-refractivity contribution in [2.75, 3.05) is 26.4 Å². The monoisotopic (exact) mass is 189 g/mol. The Morgan fingerprint density at radius 1 is 1.38 bits per heavy atom. The van der Waals surface area contributed by atoms with E-state index in [0.717, 1.165) is 25.9 Å². The molecule has 0 amide bonds. The maximum absolute atomic E-state index is 12.2. The summed E-state index contributed by atoms with van der Waals surface area (Å²) in [6.45, 7) is 2.06. The molecule has 1 atom stereocenters. The van der Waals surface area contributed by atoms with E-state index in [0.29, 0.717) is 12.5 Å². The molecule has 0 aromatic rings. The molecule has 0 bridgehead atoms. The Kier molecular flexibility index (Phi) is 5.32. The van der Waals surface area contributed by atoms with Gasteiger partial charge in [0.15, 0.2) is 0 Å². The molecule has 0 aromatic carbocycles. The normalized spacial score (nSPS) is 24.9. The van der Waals surface area contributed by atoms with Crippen LogP contribution in [0.3, 0.4) is 0 Å². The standard InChI is InChI=1S/C10H20FNO/c11-6-5-10-4-1-2-7-12(10)8-3-9-13/h10,13H,1-9H2. The van der Waals surface area contributed by atoms with Gasteiger partial charge >= 0.3 is 0 Å². The van der Waals surface area contributed by atoms with Crippen LogP contribution in [0.25, 0.3) is 0 Å². The third-order valence-corrected chi connectivity index (χ3v) is 2.79. The summed E-state index contributed by atoms with van der Waals surface area (Å²) in [6.07, 6.45) is 5.10. The van der Waals surface area contributed by atoms with Crippen molar-refractivity contribution < 1.29 is 9.50 Å². The Bertz CT molecular complexity index is 130. The van der Waals surface area contributed by atoms with E-state index < -0.39 is 0 Å². The van der Waals surface area contributed by atoms with Gasteiger partial charge in [-0.3, -0.25) is 4.39 Å². The van der Waals surface area contributed by atoms with Crippen LogP contribution in [-0.4, -0.2) is 42.4 Å². The van der Waals surface area contributed by atoms with Crippen LogP contribution in [0.15, 0.2) is 0 Å².